The van der Waals surface area contributed by atoms with Crippen molar-refractivity contribution in [3.8, 4) is 0 Å². The van der Waals surface area contributed by atoms with Crippen LogP contribution in [0.5, 0.6) is 0 Å². The predicted molar refractivity (Wildman–Crippen MR) is 127 cm³/mol. The number of hydrogen-bond donors (Lipinski definition) is 4. The topological polar surface area (TPSA) is 109 Å². The van der Waals surface area contributed by atoms with Crippen LogP contribution in [0, 0.1) is 5.92 Å². The molecule has 0 aromatic heterocycles. The number of carbonyl (C=O) groups is 3. The number of methoxy groups -OCH3 is 1. The molecular weight excluding hydrogens is 408 g/mol. The Bertz CT molecular complexity index is 880. The molecule has 32 heavy (non-hydrogen) atoms. The van der Waals surface area contributed by atoms with Crippen molar-refractivity contribution in [2.45, 2.75) is 26.7 Å². The number of anilines is 3. The summed E-state index contributed by atoms with van der Waals surface area (Å²) in [5.41, 5.74) is 2.62. The SMILES string of the molecule is COCCCNC(=O)c1ccc(NCC(=O)Nc2ccc(NC(=O)CC(C)C)cc2)cc1. The van der Waals surface area contributed by atoms with Crippen molar-refractivity contribution in [3.63, 3.8) is 0 Å². The van der Waals surface area contributed by atoms with Crippen molar-refractivity contribution >= 4 is 34.8 Å². The molecule has 3 amide bonds. The number of ether oxygens (including phenoxy) is 1. The molecule has 0 saturated carbocycles. The second-order valence-corrected chi connectivity index (χ2v) is 7.80. The van der Waals surface area contributed by atoms with Gasteiger partial charge < -0.3 is 26.0 Å². The molecule has 4 N–H and O–H groups in total. The van der Waals surface area contributed by atoms with Crippen molar-refractivity contribution < 1.29 is 19.1 Å². The Morgan fingerprint density at radius 1 is 0.844 bits per heavy atom. The lowest BCUT2D eigenvalue weighted by molar-refractivity contribution is -0.117. The molecule has 0 spiro atoms. The van der Waals surface area contributed by atoms with Crippen LogP contribution in [-0.4, -0.2) is 44.5 Å². The summed E-state index contributed by atoms with van der Waals surface area (Å²) in [6.07, 6.45) is 1.22. The van der Waals surface area contributed by atoms with E-state index in [2.05, 4.69) is 21.3 Å². The van der Waals surface area contributed by atoms with E-state index in [1.54, 1.807) is 55.6 Å². The zero-order valence-electron chi connectivity index (χ0n) is 18.9. The van der Waals surface area contributed by atoms with Crippen LogP contribution in [-0.2, 0) is 14.3 Å². The number of nitrogens with one attached hydrogen (secondary N) is 4. The van der Waals surface area contributed by atoms with Crippen LogP contribution < -0.4 is 21.3 Å². The summed E-state index contributed by atoms with van der Waals surface area (Å²) in [6, 6.07) is 13.9. The molecule has 0 heterocycles. The Morgan fingerprint density at radius 3 is 1.97 bits per heavy atom. The number of benzene rings is 2. The van der Waals surface area contributed by atoms with Crippen LogP contribution in [0.25, 0.3) is 0 Å². The molecule has 2 rings (SSSR count). The van der Waals surface area contributed by atoms with Crippen molar-refractivity contribution in [2.75, 3.05) is 42.8 Å². The first kappa shape index (κ1) is 24.9. The van der Waals surface area contributed by atoms with Crippen LogP contribution >= 0.6 is 0 Å². The van der Waals surface area contributed by atoms with E-state index in [0.717, 1.165) is 12.1 Å². The standard InChI is InChI=1S/C24H32N4O4/c1-17(2)15-22(29)27-20-9-11-21(12-10-20)28-23(30)16-26-19-7-5-18(6-8-19)24(31)25-13-4-14-32-3/h5-12,17,26H,4,13-16H2,1-3H3,(H,25,31)(H,27,29)(H,28,30). The van der Waals surface area contributed by atoms with Crippen LogP contribution in [0.1, 0.15) is 37.0 Å². The van der Waals surface area contributed by atoms with Crippen LogP contribution in [0.15, 0.2) is 48.5 Å². The lowest BCUT2D eigenvalue weighted by atomic mass is 10.1. The fourth-order valence-corrected chi connectivity index (χ4v) is 2.87. The zero-order valence-corrected chi connectivity index (χ0v) is 18.9. The lowest BCUT2D eigenvalue weighted by Gasteiger charge is -2.10. The van der Waals surface area contributed by atoms with E-state index in [4.69, 9.17) is 4.74 Å². The van der Waals surface area contributed by atoms with E-state index in [1.807, 2.05) is 13.8 Å². The first-order valence-electron chi connectivity index (χ1n) is 10.7. The van der Waals surface area contributed by atoms with E-state index in [-0.39, 0.29) is 24.3 Å². The third-order valence-corrected chi connectivity index (χ3v) is 4.46. The van der Waals surface area contributed by atoms with E-state index >= 15 is 0 Å². The minimum Gasteiger partial charge on any atom is -0.385 e. The molecule has 2 aromatic rings. The monoisotopic (exact) mass is 440 g/mol. The van der Waals surface area contributed by atoms with Gasteiger partial charge in [-0.15, -0.1) is 0 Å². The molecular formula is C24H32N4O4. The molecule has 172 valence electrons. The highest BCUT2D eigenvalue weighted by molar-refractivity contribution is 5.96. The molecule has 8 heteroatoms. The molecule has 2 aromatic carbocycles. The van der Waals surface area contributed by atoms with Crippen molar-refractivity contribution in [1.29, 1.82) is 0 Å². The van der Waals surface area contributed by atoms with Gasteiger partial charge in [0.25, 0.3) is 5.91 Å². The largest absolute Gasteiger partial charge is 0.385 e. The third-order valence-electron chi connectivity index (χ3n) is 4.46. The second-order valence-electron chi connectivity index (χ2n) is 7.80. The first-order valence-corrected chi connectivity index (χ1v) is 10.7. The van der Waals surface area contributed by atoms with Gasteiger partial charge in [-0.05, 0) is 60.9 Å². The van der Waals surface area contributed by atoms with E-state index in [0.29, 0.717) is 42.4 Å². The van der Waals surface area contributed by atoms with Gasteiger partial charge in [-0.2, -0.15) is 0 Å². The van der Waals surface area contributed by atoms with Crippen molar-refractivity contribution in [1.82, 2.24) is 5.32 Å². The number of rotatable bonds is 12. The average molecular weight is 441 g/mol. The molecule has 0 bridgehead atoms. The molecule has 0 radical (unpaired) electrons. The maximum Gasteiger partial charge on any atom is 0.251 e. The van der Waals surface area contributed by atoms with Gasteiger partial charge in [-0.1, -0.05) is 13.8 Å². The van der Waals surface area contributed by atoms with Crippen LogP contribution in [0.4, 0.5) is 17.1 Å². The maximum absolute atomic E-state index is 12.2. The van der Waals surface area contributed by atoms with E-state index in [9.17, 15) is 14.4 Å². The van der Waals surface area contributed by atoms with Gasteiger partial charge in [0.05, 0.1) is 6.54 Å². The Hall–Kier alpha value is -3.39. The minimum absolute atomic E-state index is 0.0319. The Kier molecular flexibility index (Phi) is 10.2. The predicted octanol–water partition coefficient (Wildman–Crippen LogP) is 3.49. The van der Waals surface area contributed by atoms with Gasteiger partial charge in [-0.25, -0.2) is 0 Å². The summed E-state index contributed by atoms with van der Waals surface area (Å²) in [7, 11) is 1.62. The Balaban J connectivity index is 1.75. The van der Waals surface area contributed by atoms with Gasteiger partial charge in [0.15, 0.2) is 0 Å². The quantitative estimate of drug-likeness (QED) is 0.378. The van der Waals surface area contributed by atoms with E-state index in [1.165, 1.54) is 0 Å². The highest BCUT2D eigenvalue weighted by atomic mass is 16.5. The van der Waals surface area contributed by atoms with Gasteiger partial charge in [0.1, 0.15) is 0 Å². The number of carbonyl (C=O) groups excluding carboxylic acids is 3. The summed E-state index contributed by atoms with van der Waals surface area (Å²) in [6.45, 7) is 5.21. The Morgan fingerprint density at radius 2 is 1.41 bits per heavy atom. The second kappa shape index (κ2) is 13.1. The molecule has 0 unspecified atom stereocenters. The van der Waals surface area contributed by atoms with Crippen molar-refractivity contribution in [2.24, 2.45) is 5.92 Å². The maximum atomic E-state index is 12.2. The van der Waals surface area contributed by atoms with Gasteiger partial charge in [-0.3, -0.25) is 14.4 Å². The number of hydrogen-bond acceptors (Lipinski definition) is 5. The highest BCUT2D eigenvalue weighted by Gasteiger charge is 2.07. The average Bonchev–Trinajstić information content (AvgIpc) is 2.76. The molecule has 0 fully saturated rings. The summed E-state index contributed by atoms with van der Waals surface area (Å²) in [5.74, 6) is -0.0909. The molecule has 0 aliphatic carbocycles. The Labute approximate surface area is 189 Å². The first-order chi connectivity index (χ1) is 15.4. The summed E-state index contributed by atoms with van der Waals surface area (Å²) in [5, 5.41) is 11.5. The molecule has 0 saturated heterocycles. The smallest absolute Gasteiger partial charge is 0.251 e. The molecule has 8 nitrogen and oxygen atoms in total. The van der Waals surface area contributed by atoms with Crippen LogP contribution in [0.2, 0.25) is 0 Å². The molecule has 0 aliphatic heterocycles. The van der Waals surface area contributed by atoms with Crippen molar-refractivity contribution in [3.05, 3.63) is 54.1 Å². The molecule has 0 atom stereocenters. The summed E-state index contributed by atoms with van der Waals surface area (Å²) in [4.78, 5) is 36.1. The van der Waals surface area contributed by atoms with Gasteiger partial charge in [0.2, 0.25) is 11.8 Å². The summed E-state index contributed by atoms with van der Waals surface area (Å²) >= 11 is 0. The van der Waals surface area contributed by atoms with E-state index < -0.39 is 0 Å². The normalized spacial score (nSPS) is 10.5. The fourth-order valence-electron chi connectivity index (χ4n) is 2.87. The highest BCUT2D eigenvalue weighted by Crippen LogP contribution is 2.15. The fraction of sp³-hybridized carbons (Fsp3) is 0.375. The van der Waals surface area contributed by atoms with Gasteiger partial charge >= 0.3 is 0 Å². The van der Waals surface area contributed by atoms with Gasteiger partial charge in [0, 0.05) is 49.3 Å². The van der Waals surface area contributed by atoms with Crippen LogP contribution in [0.3, 0.4) is 0 Å². The lowest BCUT2D eigenvalue weighted by Crippen LogP contribution is -2.25. The third kappa shape index (κ3) is 9.18. The number of amides is 3. The zero-order chi connectivity index (χ0) is 23.3. The molecule has 0 aliphatic rings. The summed E-state index contributed by atoms with van der Waals surface area (Å²) < 4.78 is 4.95. The minimum atomic E-state index is -0.207.